The van der Waals surface area contributed by atoms with Crippen LogP contribution >= 0.6 is 11.6 Å². The fourth-order valence-electron chi connectivity index (χ4n) is 2.64. The Bertz CT molecular complexity index is 699. The standard InChI is InChI=1S/C15H19ClN6O/c1-9(14-21-18-8-22(14)2)19-15(23)20-13(10-3-4-10)11-5-6-17-12(16)7-11/h5-10,13H,3-4H2,1-2H3,(H2,19,20,23). The van der Waals surface area contributed by atoms with Crippen LogP contribution < -0.4 is 10.6 Å². The second kappa shape index (κ2) is 6.54. The molecule has 1 saturated carbocycles. The number of carbonyl (C=O) groups is 1. The number of hydrogen-bond acceptors (Lipinski definition) is 4. The van der Waals surface area contributed by atoms with Gasteiger partial charge in [-0.1, -0.05) is 11.6 Å². The van der Waals surface area contributed by atoms with Crippen LogP contribution in [0.3, 0.4) is 0 Å². The Hall–Kier alpha value is -2.15. The van der Waals surface area contributed by atoms with Crippen molar-refractivity contribution in [2.24, 2.45) is 13.0 Å². The second-order valence-corrected chi connectivity index (χ2v) is 6.25. The quantitative estimate of drug-likeness (QED) is 0.822. The summed E-state index contributed by atoms with van der Waals surface area (Å²) >= 11 is 5.96. The molecule has 0 saturated heterocycles. The largest absolute Gasteiger partial charge is 0.331 e. The van der Waals surface area contributed by atoms with Crippen molar-refractivity contribution < 1.29 is 4.79 Å². The van der Waals surface area contributed by atoms with E-state index >= 15 is 0 Å². The molecule has 2 aromatic heterocycles. The number of hydrogen-bond donors (Lipinski definition) is 2. The van der Waals surface area contributed by atoms with E-state index in [4.69, 9.17) is 11.6 Å². The molecule has 23 heavy (non-hydrogen) atoms. The number of amides is 2. The minimum absolute atomic E-state index is 0.0535. The van der Waals surface area contributed by atoms with Crippen LogP contribution in [0.1, 0.15) is 43.2 Å². The summed E-state index contributed by atoms with van der Waals surface area (Å²) in [6.45, 7) is 1.87. The van der Waals surface area contributed by atoms with Gasteiger partial charge in [0, 0.05) is 13.2 Å². The molecular weight excluding hydrogens is 316 g/mol. The number of urea groups is 1. The Morgan fingerprint density at radius 1 is 1.43 bits per heavy atom. The maximum Gasteiger partial charge on any atom is 0.315 e. The Kier molecular flexibility index (Phi) is 4.47. The van der Waals surface area contributed by atoms with Crippen LogP contribution in [0.2, 0.25) is 5.15 Å². The Labute approximate surface area is 139 Å². The van der Waals surface area contributed by atoms with Crippen molar-refractivity contribution in [2.45, 2.75) is 31.8 Å². The molecule has 1 fully saturated rings. The molecule has 0 spiro atoms. The SMILES string of the molecule is CC(NC(=O)NC(c1ccnc(Cl)c1)C1CC1)c1nncn1C. The lowest BCUT2D eigenvalue weighted by Gasteiger charge is -2.21. The van der Waals surface area contributed by atoms with Gasteiger partial charge in [-0.15, -0.1) is 10.2 Å². The number of pyridine rings is 1. The highest BCUT2D eigenvalue weighted by atomic mass is 35.5. The molecule has 7 nitrogen and oxygen atoms in total. The van der Waals surface area contributed by atoms with Crippen LogP contribution in [0.5, 0.6) is 0 Å². The molecule has 0 aromatic carbocycles. The van der Waals surface area contributed by atoms with E-state index in [-0.39, 0.29) is 18.1 Å². The molecule has 1 aliphatic rings. The summed E-state index contributed by atoms with van der Waals surface area (Å²) in [5.41, 5.74) is 0.981. The van der Waals surface area contributed by atoms with Crippen LogP contribution in [0.25, 0.3) is 0 Å². The molecule has 0 bridgehead atoms. The van der Waals surface area contributed by atoms with Crippen molar-refractivity contribution in [1.29, 1.82) is 0 Å². The molecule has 1 aliphatic carbocycles. The van der Waals surface area contributed by atoms with Crippen molar-refractivity contribution >= 4 is 17.6 Å². The number of carbonyl (C=O) groups excluding carboxylic acids is 1. The lowest BCUT2D eigenvalue weighted by Crippen LogP contribution is -2.40. The lowest BCUT2D eigenvalue weighted by molar-refractivity contribution is 0.232. The van der Waals surface area contributed by atoms with Gasteiger partial charge in [0.15, 0.2) is 5.82 Å². The summed E-state index contributed by atoms with van der Waals surface area (Å²) in [7, 11) is 1.84. The molecule has 2 N–H and O–H groups in total. The third-order valence-electron chi connectivity index (χ3n) is 3.97. The van der Waals surface area contributed by atoms with Crippen LogP contribution in [-0.4, -0.2) is 25.8 Å². The Balaban J connectivity index is 1.66. The zero-order valence-corrected chi connectivity index (χ0v) is 13.8. The zero-order valence-electron chi connectivity index (χ0n) is 13.0. The van der Waals surface area contributed by atoms with Crippen LogP contribution in [0.15, 0.2) is 24.7 Å². The van der Waals surface area contributed by atoms with Crippen LogP contribution in [-0.2, 0) is 7.05 Å². The highest BCUT2D eigenvalue weighted by Gasteiger charge is 2.34. The maximum atomic E-state index is 12.3. The predicted octanol–water partition coefficient (Wildman–Crippen LogP) is 2.38. The number of nitrogens with one attached hydrogen (secondary N) is 2. The first kappa shape index (κ1) is 15.7. The van der Waals surface area contributed by atoms with Gasteiger partial charge in [0.2, 0.25) is 0 Å². The molecule has 122 valence electrons. The van der Waals surface area contributed by atoms with Gasteiger partial charge in [0.05, 0.1) is 12.1 Å². The number of aromatic nitrogens is 4. The summed E-state index contributed by atoms with van der Waals surface area (Å²) in [4.78, 5) is 16.3. The fraction of sp³-hybridized carbons (Fsp3) is 0.467. The van der Waals surface area contributed by atoms with E-state index in [9.17, 15) is 4.79 Å². The number of aryl methyl sites for hydroxylation is 1. The smallest absolute Gasteiger partial charge is 0.315 e. The van der Waals surface area contributed by atoms with Crippen molar-refractivity contribution in [2.75, 3.05) is 0 Å². The molecule has 8 heteroatoms. The van der Waals surface area contributed by atoms with Crippen molar-refractivity contribution in [3.8, 4) is 0 Å². The summed E-state index contributed by atoms with van der Waals surface area (Å²) in [6, 6.07) is 3.17. The highest BCUT2D eigenvalue weighted by molar-refractivity contribution is 6.29. The number of halogens is 1. The van der Waals surface area contributed by atoms with E-state index in [1.165, 1.54) is 0 Å². The molecule has 2 heterocycles. The first-order valence-corrected chi connectivity index (χ1v) is 7.94. The van der Waals surface area contributed by atoms with Crippen LogP contribution in [0, 0.1) is 5.92 Å². The second-order valence-electron chi connectivity index (χ2n) is 5.87. The van der Waals surface area contributed by atoms with Gasteiger partial charge in [-0.05, 0) is 43.4 Å². The molecule has 3 rings (SSSR count). The number of nitrogens with zero attached hydrogens (tertiary/aromatic N) is 4. The molecular formula is C15H19ClN6O. The van der Waals surface area contributed by atoms with Crippen molar-refractivity contribution in [3.63, 3.8) is 0 Å². The Morgan fingerprint density at radius 2 is 2.22 bits per heavy atom. The zero-order chi connectivity index (χ0) is 16.4. The van der Waals surface area contributed by atoms with Gasteiger partial charge >= 0.3 is 6.03 Å². The average Bonchev–Trinajstić information content (AvgIpc) is 3.25. The van der Waals surface area contributed by atoms with Gasteiger partial charge in [-0.3, -0.25) is 0 Å². The van der Waals surface area contributed by atoms with E-state index in [0.717, 1.165) is 18.4 Å². The third-order valence-corrected chi connectivity index (χ3v) is 4.18. The van der Waals surface area contributed by atoms with E-state index in [0.29, 0.717) is 16.9 Å². The molecule has 2 unspecified atom stereocenters. The molecule has 0 radical (unpaired) electrons. The average molecular weight is 335 g/mol. The third kappa shape index (κ3) is 3.79. The van der Waals surface area contributed by atoms with Gasteiger partial charge in [-0.25, -0.2) is 9.78 Å². The van der Waals surface area contributed by atoms with Gasteiger partial charge in [0.25, 0.3) is 0 Å². The van der Waals surface area contributed by atoms with E-state index in [1.807, 2.05) is 20.0 Å². The molecule has 0 aliphatic heterocycles. The van der Waals surface area contributed by atoms with Crippen molar-refractivity contribution in [1.82, 2.24) is 30.4 Å². The Morgan fingerprint density at radius 3 is 2.83 bits per heavy atom. The predicted molar refractivity (Wildman–Crippen MR) is 85.8 cm³/mol. The van der Waals surface area contributed by atoms with Gasteiger partial charge in [-0.2, -0.15) is 0 Å². The maximum absolute atomic E-state index is 12.3. The molecule has 2 atom stereocenters. The minimum atomic E-state index is -0.233. The van der Waals surface area contributed by atoms with Gasteiger partial charge in [0.1, 0.15) is 11.5 Å². The lowest BCUT2D eigenvalue weighted by atomic mass is 10.0. The summed E-state index contributed by atoms with van der Waals surface area (Å²) in [5.74, 6) is 1.15. The highest BCUT2D eigenvalue weighted by Crippen LogP contribution is 2.41. The minimum Gasteiger partial charge on any atom is -0.331 e. The van der Waals surface area contributed by atoms with Crippen molar-refractivity contribution in [3.05, 3.63) is 41.2 Å². The van der Waals surface area contributed by atoms with Crippen LogP contribution in [0.4, 0.5) is 4.79 Å². The summed E-state index contributed by atoms with van der Waals surface area (Å²) in [6.07, 6.45) is 5.47. The van der Waals surface area contributed by atoms with Gasteiger partial charge < -0.3 is 15.2 Å². The number of rotatable bonds is 5. The summed E-state index contributed by atoms with van der Waals surface area (Å²) in [5, 5.41) is 14.2. The fourth-order valence-corrected chi connectivity index (χ4v) is 2.82. The molecule has 2 amide bonds. The van der Waals surface area contributed by atoms with E-state index < -0.39 is 0 Å². The normalized spacial score (nSPS) is 16.7. The topological polar surface area (TPSA) is 84.7 Å². The van der Waals surface area contributed by atoms with E-state index in [2.05, 4.69) is 25.8 Å². The summed E-state index contributed by atoms with van der Waals surface area (Å²) < 4.78 is 1.78. The molecule has 2 aromatic rings. The first-order valence-electron chi connectivity index (χ1n) is 7.57. The monoisotopic (exact) mass is 334 g/mol. The first-order chi connectivity index (χ1) is 11.0. The van der Waals surface area contributed by atoms with E-state index in [1.54, 1.807) is 23.2 Å².